The predicted octanol–water partition coefficient (Wildman–Crippen LogP) is 3.79. The molecule has 0 aliphatic rings. The molecule has 3 aromatic carbocycles. The maximum Gasteiger partial charge on any atom is 0.251 e. The molecule has 0 spiro atoms. The second kappa shape index (κ2) is 16.2. The van der Waals surface area contributed by atoms with Crippen LogP contribution in [0.15, 0.2) is 79.0 Å². The summed E-state index contributed by atoms with van der Waals surface area (Å²) in [4.78, 5) is 27.3. The van der Waals surface area contributed by atoms with E-state index < -0.39 is 51.9 Å². The second-order valence-electron chi connectivity index (χ2n) is 12.6. The fraction of sp³-hybridized carbons (Fsp3) is 0.371. The van der Waals surface area contributed by atoms with Crippen LogP contribution >= 0.6 is 0 Å². The van der Waals surface area contributed by atoms with Crippen LogP contribution in [0.2, 0.25) is 0 Å². The topological polar surface area (TPSA) is 167 Å². The van der Waals surface area contributed by atoms with Crippen molar-refractivity contribution < 1.29 is 32.6 Å². The van der Waals surface area contributed by atoms with Gasteiger partial charge in [0.1, 0.15) is 11.5 Å². The summed E-state index contributed by atoms with van der Waals surface area (Å²) in [5, 5.41) is 35.6. The average Bonchev–Trinajstić information content (AvgIpc) is 3.52. The molecule has 0 saturated heterocycles. The Morgan fingerprint density at radius 1 is 0.939 bits per heavy atom. The minimum Gasteiger partial charge on any atom is -0.389 e. The van der Waals surface area contributed by atoms with Gasteiger partial charge in [0.25, 0.3) is 11.8 Å². The molecule has 0 aliphatic carbocycles. The molecule has 12 nitrogen and oxygen atoms in total. The molecular formula is C35H43FN6O6S. The quantitative estimate of drug-likeness (QED) is 0.146. The molecule has 0 saturated carbocycles. The summed E-state index contributed by atoms with van der Waals surface area (Å²) < 4.78 is 40.7. The highest BCUT2D eigenvalue weighted by Crippen LogP contribution is 2.23. The third-order valence-corrected chi connectivity index (χ3v) is 9.27. The molecule has 4 atom stereocenters. The molecule has 14 heteroatoms. The van der Waals surface area contributed by atoms with E-state index in [1.165, 1.54) is 42.1 Å². The van der Waals surface area contributed by atoms with Gasteiger partial charge >= 0.3 is 0 Å². The molecule has 4 aromatic rings. The zero-order valence-electron chi connectivity index (χ0n) is 28.1. The summed E-state index contributed by atoms with van der Waals surface area (Å²) in [6, 6.07) is 17.5. The Kier molecular flexibility index (Phi) is 12.3. The molecule has 2 amide bonds. The Bertz CT molecular complexity index is 1830. The summed E-state index contributed by atoms with van der Waals surface area (Å²) in [7, 11) is -2.47. The number of aromatic nitrogens is 3. The molecule has 0 fully saturated rings. The highest BCUT2D eigenvalue weighted by atomic mass is 32.2. The second-order valence-corrected chi connectivity index (χ2v) is 14.6. The van der Waals surface area contributed by atoms with Crippen LogP contribution < -0.4 is 14.9 Å². The highest BCUT2D eigenvalue weighted by molar-refractivity contribution is 7.92. The zero-order valence-corrected chi connectivity index (χ0v) is 28.9. The van der Waals surface area contributed by atoms with Crippen molar-refractivity contribution in [3.05, 3.63) is 113 Å². The van der Waals surface area contributed by atoms with Crippen molar-refractivity contribution in [3.8, 4) is 0 Å². The number of carbonyl (C=O) groups is 2. The van der Waals surface area contributed by atoms with Gasteiger partial charge in [-0.25, -0.2) is 17.5 Å². The van der Waals surface area contributed by atoms with E-state index in [2.05, 4.69) is 20.9 Å². The standard InChI is InChI=1S/C35H43FN6O6S/c1-22(2)15-32(43)31-20-42(40-39-31)21-33(44)30(16-24-9-7-6-8-10-24)38-35(46)27-17-26(18-29(19-27)41(4)49(5,47)48)34(45)37-23(3)25-11-13-28(36)14-12-25/h6-14,17-20,22-23,30,32-33,43-44H,15-16,21H2,1-5H3,(H,37,45)(H,38,46)/t23-,30+,32?,33+/m1/s1. The molecule has 0 bridgehead atoms. The van der Waals surface area contributed by atoms with Gasteiger partial charge in [0.2, 0.25) is 10.0 Å². The van der Waals surface area contributed by atoms with Gasteiger partial charge in [0.05, 0.1) is 49.0 Å². The number of rotatable bonds is 15. The predicted molar refractivity (Wildman–Crippen MR) is 184 cm³/mol. The molecule has 0 aliphatic heterocycles. The number of aliphatic hydroxyl groups is 2. The van der Waals surface area contributed by atoms with Crippen LogP contribution in [0.5, 0.6) is 0 Å². The zero-order chi connectivity index (χ0) is 35.9. The number of sulfonamides is 1. The van der Waals surface area contributed by atoms with Gasteiger partial charge in [-0.15, -0.1) is 5.10 Å². The van der Waals surface area contributed by atoms with Gasteiger partial charge in [-0.3, -0.25) is 13.9 Å². The number of amides is 2. The van der Waals surface area contributed by atoms with Crippen LogP contribution in [0.4, 0.5) is 10.1 Å². The van der Waals surface area contributed by atoms with Crippen molar-refractivity contribution in [3.63, 3.8) is 0 Å². The number of anilines is 1. The summed E-state index contributed by atoms with van der Waals surface area (Å²) in [6.07, 6.45) is 1.30. The minimum absolute atomic E-state index is 0.0160. The van der Waals surface area contributed by atoms with Crippen molar-refractivity contribution in [1.29, 1.82) is 0 Å². The van der Waals surface area contributed by atoms with Crippen LogP contribution in [0.25, 0.3) is 0 Å². The highest BCUT2D eigenvalue weighted by Gasteiger charge is 2.26. The number of hydrogen-bond donors (Lipinski definition) is 4. The monoisotopic (exact) mass is 694 g/mol. The first-order valence-corrected chi connectivity index (χ1v) is 17.7. The van der Waals surface area contributed by atoms with Gasteiger partial charge in [-0.05, 0) is 67.1 Å². The Labute approximate surface area is 286 Å². The summed E-state index contributed by atoms with van der Waals surface area (Å²) >= 11 is 0. The lowest BCUT2D eigenvalue weighted by Crippen LogP contribution is -2.46. The van der Waals surface area contributed by atoms with Gasteiger partial charge in [0.15, 0.2) is 0 Å². The Morgan fingerprint density at radius 3 is 2.14 bits per heavy atom. The largest absolute Gasteiger partial charge is 0.389 e. The molecular weight excluding hydrogens is 651 g/mol. The summed E-state index contributed by atoms with van der Waals surface area (Å²) in [5.74, 6) is -1.43. The van der Waals surface area contributed by atoms with E-state index in [0.717, 1.165) is 16.1 Å². The van der Waals surface area contributed by atoms with Crippen molar-refractivity contribution >= 4 is 27.5 Å². The molecule has 49 heavy (non-hydrogen) atoms. The van der Waals surface area contributed by atoms with Crippen LogP contribution in [0.1, 0.15) is 76.9 Å². The van der Waals surface area contributed by atoms with E-state index in [0.29, 0.717) is 17.7 Å². The van der Waals surface area contributed by atoms with Crippen LogP contribution in [-0.4, -0.2) is 70.9 Å². The van der Waals surface area contributed by atoms with Crippen LogP contribution in [0, 0.1) is 11.7 Å². The van der Waals surface area contributed by atoms with Crippen molar-refractivity contribution in [2.45, 2.75) is 64.4 Å². The Morgan fingerprint density at radius 2 is 1.55 bits per heavy atom. The third-order valence-electron chi connectivity index (χ3n) is 8.07. The summed E-state index contributed by atoms with van der Waals surface area (Å²) in [6.45, 7) is 5.62. The lowest BCUT2D eigenvalue weighted by atomic mass is 10.00. The molecule has 1 aromatic heterocycles. The number of nitrogens with one attached hydrogen (secondary N) is 2. The fourth-order valence-corrected chi connectivity index (χ4v) is 5.69. The van der Waals surface area contributed by atoms with E-state index in [1.54, 1.807) is 25.3 Å². The Hall–Kier alpha value is -4.66. The number of aliphatic hydroxyl groups excluding tert-OH is 2. The van der Waals surface area contributed by atoms with E-state index in [9.17, 15) is 32.6 Å². The van der Waals surface area contributed by atoms with E-state index >= 15 is 0 Å². The number of halogens is 1. The lowest BCUT2D eigenvalue weighted by molar-refractivity contribution is 0.0778. The number of benzene rings is 3. The first kappa shape index (κ1) is 37.2. The van der Waals surface area contributed by atoms with Crippen molar-refractivity contribution in [2.24, 2.45) is 5.92 Å². The smallest absolute Gasteiger partial charge is 0.251 e. The maximum atomic E-state index is 13.8. The third kappa shape index (κ3) is 10.4. The molecule has 1 unspecified atom stereocenters. The van der Waals surface area contributed by atoms with Gasteiger partial charge < -0.3 is 20.8 Å². The van der Waals surface area contributed by atoms with E-state index in [4.69, 9.17) is 0 Å². The van der Waals surface area contributed by atoms with Crippen LogP contribution in [0.3, 0.4) is 0 Å². The lowest BCUT2D eigenvalue weighted by Gasteiger charge is -2.25. The molecule has 1 heterocycles. The maximum absolute atomic E-state index is 13.8. The Balaban J connectivity index is 1.62. The van der Waals surface area contributed by atoms with Crippen molar-refractivity contribution in [1.82, 2.24) is 25.6 Å². The number of hydrogen-bond acceptors (Lipinski definition) is 8. The van der Waals surface area contributed by atoms with Gasteiger partial charge in [0, 0.05) is 18.2 Å². The van der Waals surface area contributed by atoms with Crippen LogP contribution in [-0.2, 0) is 23.0 Å². The first-order valence-electron chi connectivity index (χ1n) is 15.9. The SMILES string of the molecule is CC(C)CC(O)c1cn(C[C@H](O)[C@H](Cc2ccccc2)NC(=O)c2cc(C(=O)N[C@H](C)c3ccc(F)cc3)cc(N(C)S(C)(=O)=O)c2)nn1. The van der Waals surface area contributed by atoms with E-state index in [1.807, 2.05) is 44.2 Å². The first-order chi connectivity index (χ1) is 23.1. The van der Waals surface area contributed by atoms with Crippen molar-refractivity contribution in [2.75, 3.05) is 17.6 Å². The fourth-order valence-electron chi connectivity index (χ4n) is 5.21. The van der Waals surface area contributed by atoms with Gasteiger partial charge in [-0.1, -0.05) is 61.5 Å². The average molecular weight is 695 g/mol. The number of nitrogens with zero attached hydrogens (tertiary/aromatic N) is 4. The molecule has 4 rings (SSSR count). The van der Waals surface area contributed by atoms with Gasteiger partial charge in [-0.2, -0.15) is 0 Å². The molecule has 0 radical (unpaired) electrons. The normalized spacial score (nSPS) is 14.1. The number of carbonyl (C=O) groups excluding carboxylic acids is 2. The molecule has 262 valence electrons. The summed E-state index contributed by atoms with van der Waals surface area (Å²) in [5.41, 5.74) is 1.92. The molecule has 4 N–H and O–H groups in total. The van der Waals surface area contributed by atoms with E-state index in [-0.39, 0.29) is 35.7 Å². The minimum atomic E-state index is -3.77.